The van der Waals surface area contributed by atoms with Crippen molar-refractivity contribution in [3.8, 4) is 0 Å². The van der Waals surface area contributed by atoms with Gasteiger partial charge in [-0.25, -0.2) is 10.0 Å². The summed E-state index contributed by atoms with van der Waals surface area (Å²) >= 11 is 0. The van der Waals surface area contributed by atoms with Crippen LogP contribution in [0.15, 0.2) is 54.6 Å². The van der Waals surface area contributed by atoms with Gasteiger partial charge in [0.1, 0.15) is 0 Å². The van der Waals surface area contributed by atoms with Crippen LogP contribution in [0.3, 0.4) is 0 Å². The molecule has 0 saturated carbocycles. The smallest absolute Gasteiger partial charge is 0.325 e. The SMILES string of the molecule is CC(C)CN(CC(=O)NN(CC(=O)Nc1ccc(C(C)C)cc1)Cc1ccccc1)NC(=O)C(F)(F)F. The van der Waals surface area contributed by atoms with Gasteiger partial charge in [0.05, 0.1) is 13.1 Å². The average Bonchev–Trinajstić information content (AvgIpc) is 2.78. The zero-order chi connectivity index (χ0) is 27.6. The van der Waals surface area contributed by atoms with Crippen LogP contribution < -0.4 is 16.2 Å². The maximum atomic E-state index is 12.7. The molecule has 0 fully saturated rings. The Morgan fingerprint density at radius 2 is 1.41 bits per heavy atom. The van der Waals surface area contributed by atoms with Crippen molar-refractivity contribution in [2.45, 2.75) is 46.3 Å². The normalized spacial score (nSPS) is 11.8. The zero-order valence-electron chi connectivity index (χ0n) is 21.4. The van der Waals surface area contributed by atoms with E-state index in [1.165, 1.54) is 5.01 Å². The number of hydrogen-bond donors (Lipinski definition) is 3. The molecule has 3 N–H and O–H groups in total. The first kappa shape index (κ1) is 29.8. The molecular weight excluding hydrogens is 487 g/mol. The summed E-state index contributed by atoms with van der Waals surface area (Å²) < 4.78 is 38.2. The number of rotatable bonds is 12. The molecular formula is C26H34F3N5O3. The number of hydrazine groups is 2. The molecule has 3 amide bonds. The van der Waals surface area contributed by atoms with Crippen molar-refractivity contribution in [3.05, 3.63) is 65.7 Å². The monoisotopic (exact) mass is 521 g/mol. The topological polar surface area (TPSA) is 93.8 Å². The lowest BCUT2D eigenvalue weighted by molar-refractivity contribution is -0.179. The summed E-state index contributed by atoms with van der Waals surface area (Å²) in [5.74, 6) is -3.02. The molecule has 0 aliphatic carbocycles. The van der Waals surface area contributed by atoms with Crippen molar-refractivity contribution in [2.24, 2.45) is 5.92 Å². The van der Waals surface area contributed by atoms with Crippen molar-refractivity contribution in [2.75, 3.05) is 25.0 Å². The number of amides is 3. The molecule has 8 nitrogen and oxygen atoms in total. The lowest BCUT2D eigenvalue weighted by Crippen LogP contribution is -2.55. The fourth-order valence-corrected chi connectivity index (χ4v) is 3.45. The van der Waals surface area contributed by atoms with Gasteiger partial charge in [-0.05, 0) is 35.1 Å². The van der Waals surface area contributed by atoms with E-state index in [9.17, 15) is 27.6 Å². The zero-order valence-corrected chi connectivity index (χ0v) is 21.4. The van der Waals surface area contributed by atoms with Crippen molar-refractivity contribution >= 4 is 23.4 Å². The van der Waals surface area contributed by atoms with E-state index in [4.69, 9.17) is 0 Å². The molecule has 0 unspecified atom stereocenters. The van der Waals surface area contributed by atoms with Crippen LogP contribution >= 0.6 is 0 Å². The van der Waals surface area contributed by atoms with Crippen LogP contribution in [0, 0.1) is 5.92 Å². The van der Waals surface area contributed by atoms with Gasteiger partial charge in [0.25, 0.3) is 0 Å². The second-order valence-electron chi connectivity index (χ2n) is 9.41. The molecule has 2 rings (SSSR count). The van der Waals surface area contributed by atoms with Gasteiger partial charge in [0, 0.05) is 18.8 Å². The number of carbonyl (C=O) groups excluding carboxylic acids is 3. The minimum absolute atomic E-state index is 0.0147. The Labute approximate surface area is 215 Å². The van der Waals surface area contributed by atoms with Gasteiger partial charge in [-0.15, -0.1) is 0 Å². The summed E-state index contributed by atoms with van der Waals surface area (Å²) in [6, 6.07) is 16.5. The highest BCUT2D eigenvalue weighted by molar-refractivity contribution is 5.92. The van der Waals surface area contributed by atoms with E-state index in [-0.39, 0.29) is 25.6 Å². The minimum atomic E-state index is -5.09. The van der Waals surface area contributed by atoms with Crippen molar-refractivity contribution in [1.82, 2.24) is 20.9 Å². The summed E-state index contributed by atoms with van der Waals surface area (Å²) in [5, 5.41) is 5.06. The van der Waals surface area contributed by atoms with E-state index in [1.807, 2.05) is 42.5 Å². The van der Waals surface area contributed by atoms with Gasteiger partial charge < -0.3 is 5.32 Å². The van der Waals surface area contributed by atoms with Crippen molar-refractivity contribution in [3.63, 3.8) is 0 Å². The quantitative estimate of drug-likeness (QED) is 0.369. The van der Waals surface area contributed by atoms with Crippen LogP contribution in [0.4, 0.5) is 18.9 Å². The lowest BCUT2D eigenvalue weighted by Gasteiger charge is -2.27. The van der Waals surface area contributed by atoms with Gasteiger partial charge >= 0.3 is 12.1 Å². The van der Waals surface area contributed by atoms with Crippen LogP contribution in [0.1, 0.15) is 44.7 Å². The van der Waals surface area contributed by atoms with Gasteiger partial charge in [-0.1, -0.05) is 70.2 Å². The third kappa shape index (κ3) is 11.0. The maximum absolute atomic E-state index is 12.7. The van der Waals surface area contributed by atoms with Crippen LogP contribution in [-0.4, -0.2) is 53.5 Å². The molecule has 202 valence electrons. The number of anilines is 1. The molecule has 0 aliphatic rings. The number of nitrogens with one attached hydrogen (secondary N) is 3. The number of halogens is 3. The largest absolute Gasteiger partial charge is 0.472 e. The highest BCUT2D eigenvalue weighted by Gasteiger charge is 2.40. The summed E-state index contributed by atoms with van der Waals surface area (Å²) in [4.78, 5) is 36.9. The van der Waals surface area contributed by atoms with E-state index >= 15 is 0 Å². The van der Waals surface area contributed by atoms with Crippen molar-refractivity contribution in [1.29, 1.82) is 0 Å². The maximum Gasteiger partial charge on any atom is 0.472 e. The van der Waals surface area contributed by atoms with E-state index in [1.54, 1.807) is 31.4 Å². The first-order chi connectivity index (χ1) is 17.3. The fourth-order valence-electron chi connectivity index (χ4n) is 3.45. The van der Waals surface area contributed by atoms with E-state index in [2.05, 4.69) is 24.6 Å². The van der Waals surface area contributed by atoms with Crippen LogP contribution in [-0.2, 0) is 20.9 Å². The Morgan fingerprint density at radius 1 is 0.811 bits per heavy atom. The minimum Gasteiger partial charge on any atom is -0.325 e. The molecule has 0 radical (unpaired) electrons. The number of alkyl halides is 3. The Morgan fingerprint density at radius 3 is 1.95 bits per heavy atom. The van der Waals surface area contributed by atoms with E-state index in [0.29, 0.717) is 11.6 Å². The van der Waals surface area contributed by atoms with E-state index in [0.717, 1.165) is 16.1 Å². The lowest BCUT2D eigenvalue weighted by atomic mass is 10.0. The third-order valence-electron chi connectivity index (χ3n) is 5.13. The third-order valence-corrected chi connectivity index (χ3v) is 5.13. The first-order valence-electron chi connectivity index (χ1n) is 11.9. The molecule has 11 heteroatoms. The Bertz CT molecular complexity index is 1030. The summed E-state index contributed by atoms with van der Waals surface area (Å²) in [7, 11) is 0. The molecule has 2 aromatic carbocycles. The number of carbonyl (C=O) groups is 3. The first-order valence-corrected chi connectivity index (χ1v) is 11.9. The molecule has 0 bridgehead atoms. The number of hydrogen-bond acceptors (Lipinski definition) is 5. The molecule has 0 spiro atoms. The molecule has 37 heavy (non-hydrogen) atoms. The number of benzene rings is 2. The Kier molecular flexibility index (Phi) is 11.1. The van der Waals surface area contributed by atoms with Gasteiger partial charge in [-0.2, -0.15) is 13.2 Å². The van der Waals surface area contributed by atoms with Crippen LogP contribution in [0.25, 0.3) is 0 Å². The average molecular weight is 522 g/mol. The Balaban J connectivity index is 2.09. The van der Waals surface area contributed by atoms with Gasteiger partial charge in [-0.3, -0.25) is 25.2 Å². The summed E-state index contributed by atoms with van der Waals surface area (Å²) in [6.45, 7) is 7.04. The molecule has 0 aromatic heterocycles. The molecule has 0 atom stereocenters. The second-order valence-corrected chi connectivity index (χ2v) is 9.41. The molecule has 0 saturated heterocycles. The molecule has 2 aromatic rings. The van der Waals surface area contributed by atoms with Gasteiger partial charge in [0.15, 0.2) is 0 Å². The summed E-state index contributed by atoms with van der Waals surface area (Å²) in [5.41, 5.74) is 6.85. The fraction of sp³-hybridized carbons (Fsp3) is 0.423. The van der Waals surface area contributed by atoms with Crippen molar-refractivity contribution < 1.29 is 27.6 Å². The predicted molar refractivity (Wildman–Crippen MR) is 135 cm³/mol. The molecule has 0 heterocycles. The predicted octanol–water partition coefficient (Wildman–Crippen LogP) is 3.83. The standard InChI is InChI=1S/C26H34F3N5O3/c1-18(2)14-33(32-25(37)26(27,28)29)17-24(36)31-34(15-20-8-6-5-7-9-20)16-23(35)30-22-12-10-21(11-13-22)19(3)4/h5-13,18-19H,14-17H2,1-4H3,(H,30,35)(H,31,36)(H,32,37). The van der Waals surface area contributed by atoms with Crippen LogP contribution in [0.5, 0.6) is 0 Å². The van der Waals surface area contributed by atoms with Crippen LogP contribution in [0.2, 0.25) is 0 Å². The molecule has 0 aliphatic heterocycles. The highest BCUT2D eigenvalue weighted by atomic mass is 19.4. The number of nitrogens with zero attached hydrogens (tertiary/aromatic N) is 2. The Hall–Kier alpha value is -3.44. The van der Waals surface area contributed by atoms with E-state index < -0.39 is 30.4 Å². The second kappa shape index (κ2) is 13.8. The summed E-state index contributed by atoms with van der Waals surface area (Å²) in [6.07, 6.45) is -5.09. The van der Waals surface area contributed by atoms with Gasteiger partial charge in [0.2, 0.25) is 11.8 Å². The highest BCUT2D eigenvalue weighted by Crippen LogP contribution is 2.17.